The Morgan fingerprint density at radius 2 is 1.92 bits per heavy atom. The molecule has 1 aliphatic heterocycles. The third-order valence-electron chi connectivity index (χ3n) is 4.97. The maximum atomic E-state index is 10.6. The van der Waals surface area contributed by atoms with Crippen molar-refractivity contribution in [1.29, 1.82) is 0 Å². The number of benzene rings is 1. The van der Waals surface area contributed by atoms with E-state index in [1.165, 1.54) is 0 Å². The maximum absolute atomic E-state index is 10.6. The molecule has 6 heteroatoms. The highest BCUT2D eigenvalue weighted by Crippen LogP contribution is 2.31. The molecule has 1 atom stereocenters. The molecule has 1 aromatic carbocycles. The van der Waals surface area contributed by atoms with Gasteiger partial charge < -0.3 is 9.63 Å². The first-order chi connectivity index (χ1) is 12.8. The Balaban J connectivity index is 1.32. The quantitative estimate of drug-likeness (QED) is 0.762. The molecular weight excluding hydrogens is 328 g/mol. The number of likely N-dealkylation sites (tertiary alicyclic amines) is 1. The lowest BCUT2D eigenvalue weighted by molar-refractivity contribution is 0.0538. The van der Waals surface area contributed by atoms with Gasteiger partial charge >= 0.3 is 0 Å². The largest absolute Gasteiger partial charge is 0.388 e. The van der Waals surface area contributed by atoms with Crippen LogP contribution in [0.2, 0.25) is 0 Å². The number of aliphatic hydroxyl groups is 1. The molecule has 1 saturated heterocycles. The van der Waals surface area contributed by atoms with E-state index in [0.29, 0.717) is 24.2 Å². The highest BCUT2D eigenvalue weighted by molar-refractivity contribution is 5.51. The zero-order valence-electron chi connectivity index (χ0n) is 14.5. The summed E-state index contributed by atoms with van der Waals surface area (Å²) < 4.78 is 5.39. The molecule has 1 fully saturated rings. The fraction of sp³-hybridized carbons (Fsp3) is 0.350. The van der Waals surface area contributed by atoms with Gasteiger partial charge in [0.2, 0.25) is 11.7 Å². The van der Waals surface area contributed by atoms with E-state index in [0.717, 1.165) is 37.1 Å². The van der Waals surface area contributed by atoms with E-state index in [4.69, 9.17) is 4.52 Å². The average molecular weight is 350 g/mol. The van der Waals surface area contributed by atoms with E-state index < -0.39 is 0 Å². The summed E-state index contributed by atoms with van der Waals surface area (Å²) in [6.45, 7) is 2.47. The van der Waals surface area contributed by atoms with Crippen LogP contribution in [0.3, 0.4) is 0 Å². The summed E-state index contributed by atoms with van der Waals surface area (Å²) in [7, 11) is 0. The number of nitrogens with zero attached hydrogens (tertiary/aromatic N) is 4. The minimum absolute atomic E-state index is 0.294. The van der Waals surface area contributed by atoms with E-state index >= 15 is 0 Å². The highest BCUT2D eigenvalue weighted by atomic mass is 16.5. The van der Waals surface area contributed by atoms with Crippen molar-refractivity contribution in [3.8, 4) is 11.4 Å². The van der Waals surface area contributed by atoms with Crippen LogP contribution in [0.4, 0.5) is 0 Å². The fourth-order valence-electron chi connectivity index (χ4n) is 3.47. The molecule has 1 N–H and O–H groups in total. The summed E-state index contributed by atoms with van der Waals surface area (Å²) in [5, 5.41) is 14.6. The van der Waals surface area contributed by atoms with Crippen molar-refractivity contribution in [2.75, 3.05) is 13.1 Å². The first-order valence-electron chi connectivity index (χ1n) is 8.98. The van der Waals surface area contributed by atoms with Crippen LogP contribution >= 0.6 is 0 Å². The van der Waals surface area contributed by atoms with E-state index in [1.807, 2.05) is 42.5 Å². The van der Waals surface area contributed by atoms with Crippen molar-refractivity contribution in [2.24, 2.45) is 5.92 Å². The molecule has 1 unspecified atom stereocenters. The van der Waals surface area contributed by atoms with Crippen molar-refractivity contribution >= 4 is 0 Å². The number of aromatic nitrogens is 3. The smallest absolute Gasteiger partial charge is 0.241 e. The van der Waals surface area contributed by atoms with Gasteiger partial charge in [-0.1, -0.05) is 35.5 Å². The predicted molar refractivity (Wildman–Crippen MR) is 96.9 cm³/mol. The minimum Gasteiger partial charge on any atom is -0.388 e. The van der Waals surface area contributed by atoms with Gasteiger partial charge in [0.1, 0.15) is 0 Å². The van der Waals surface area contributed by atoms with Gasteiger partial charge in [0, 0.05) is 18.0 Å². The Bertz CT molecular complexity index is 814. The molecule has 134 valence electrons. The Kier molecular flexibility index (Phi) is 5.04. The van der Waals surface area contributed by atoms with Gasteiger partial charge in [-0.25, -0.2) is 0 Å². The molecule has 6 nitrogen and oxygen atoms in total. The van der Waals surface area contributed by atoms with Crippen molar-refractivity contribution in [3.63, 3.8) is 0 Å². The molecule has 0 spiro atoms. The number of rotatable bonds is 5. The number of aliphatic hydroxyl groups excluding tert-OH is 1. The van der Waals surface area contributed by atoms with E-state index in [-0.39, 0.29) is 6.10 Å². The minimum atomic E-state index is -0.390. The fourth-order valence-corrected chi connectivity index (χ4v) is 3.47. The van der Waals surface area contributed by atoms with Crippen LogP contribution in [0.5, 0.6) is 0 Å². The summed E-state index contributed by atoms with van der Waals surface area (Å²) in [6.07, 6.45) is 4.97. The molecule has 3 aromatic rings. The molecule has 0 aliphatic carbocycles. The number of pyridine rings is 1. The monoisotopic (exact) mass is 350 g/mol. The van der Waals surface area contributed by atoms with Crippen LogP contribution in [-0.2, 0) is 6.54 Å². The van der Waals surface area contributed by atoms with Gasteiger partial charge in [-0.2, -0.15) is 4.98 Å². The summed E-state index contributed by atoms with van der Waals surface area (Å²) in [6, 6.07) is 13.7. The van der Waals surface area contributed by atoms with Crippen LogP contribution in [0, 0.1) is 5.92 Å². The third kappa shape index (κ3) is 3.81. The van der Waals surface area contributed by atoms with Crippen LogP contribution < -0.4 is 0 Å². The third-order valence-corrected chi connectivity index (χ3v) is 4.97. The lowest BCUT2D eigenvalue weighted by atomic mass is 9.87. The molecule has 3 heterocycles. The molecule has 0 bridgehead atoms. The Labute approximate surface area is 152 Å². The average Bonchev–Trinajstić information content (AvgIpc) is 3.18. The molecule has 0 radical (unpaired) electrons. The van der Waals surface area contributed by atoms with Crippen LogP contribution in [0.1, 0.15) is 30.4 Å². The summed E-state index contributed by atoms with van der Waals surface area (Å²) in [5.74, 6) is 1.48. The Morgan fingerprint density at radius 3 is 2.65 bits per heavy atom. The molecular formula is C20H22N4O2. The normalized spacial score (nSPS) is 17.3. The second-order valence-electron chi connectivity index (χ2n) is 6.72. The first kappa shape index (κ1) is 16.9. The molecule has 26 heavy (non-hydrogen) atoms. The standard InChI is InChI=1S/C20H22N4O2/c25-19(15-5-2-1-3-6-15)16-8-11-24(12-9-16)14-18-22-20(23-26-18)17-7-4-10-21-13-17/h1-7,10,13,16,19,25H,8-9,11-12,14H2. The first-order valence-corrected chi connectivity index (χ1v) is 8.98. The van der Waals surface area contributed by atoms with Crippen LogP contribution in [-0.4, -0.2) is 38.2 Å². The van der Waals surface area contributed by atoms with Gasteiger partial charge in [0.25, 0.3) is 0 Å². The summed E-state index contributed by atoms with van der Waals surface area (Å²) in [4.78, 5) is 10.8. The van der Waals surface area contributed by atoms with E-state index in [9.17, 15) is 5.11 Å². The zero-order valence-corrected chi connectivity index (χ0v) is 14.5. The molecule has 2 aromatic heterocycles. The topological polar surface area (TPSA) is 75.3 Å². The second kappa shape index (κ2) is 7.76. The number of piperidine rings is 1. The lowest BCUT2D eigenvalue weighted by Crippen LogP contribution is -2.35. The highest BCUT2D eigenvalue weighted by Gasteiger charge is 2.27. The number of hydrogen-bond donors (Lipinski definition) is 1. The number of hydrogen-bond acceptors (Lipinski definition) is 6. The van der Waals surface area contributed by atoms with Gasteiger partial charge in [-0.15, -0.1) is 0 Å². The van der Waals surface area contributed by atoms with E-state index in [2.05, 4.69) is 20.0 Å². The SMILES string of the molecule is OC(c1ccccc1)C1CCN(Cc2nc(-c3cccnc3)no2)CC1. The van der Waals surface area contributed by atoms with Gasteiger partial charge in [0.15, 0.2) is 0 Å². The summed E-state index contributed by atoms with van der Waals surface area (Å²) >= 11 is 0. The van der Waals surface area contributed by atoms with Crippen LogP contribution in [0.15, 0.2) is 59.4 Å². The van der Waals surface area contributed by atoms with E-state index in [1.54, 1.807) is 12.4 Å². The molecule has 4 rings (SSSR count). The lowest BCUT2D eigenvalue weighted by Gasteiger charge is -2.33. The Morgan fingerprint density at radius 1 is 1.12 bits per heavy atom. The summed E-state index contributed by atoms with van der Waals surface area (Å²) in [5.41, 5.74) is 1.86. The van der Waals surface area contributed by atoms with Crippen LogP contribution in [0.25, 0.3) is 11.4 Å². The van der Waals surface area contributed by atoms with Gasteiger partial charge in [0.05, 0.1) is 12.6 Å². The van der Waals surface area contributed by atoms with Crippen molar-refractivity contribution in [2.45, 2.75) is 25.5 Å². The predicted octanol–water partition coefficient (Wildman–Crippen LogP) is 3.08. The molecule has 1 aliphatic rings. The second-order valence-corrected chi connectivity index (χ2v) is 6.72. The van der Waals surface area contributed by atoms with Crippen molar-refractivity contribution in [1.82, 2.24) is 20.0 Å². The van der Waals surface area contributed by atoms with Crippen molar-refractivity contribution in [3.05, 3.63) is 66.3 Å². The Hall–Kier alpha value is -2.57. The maximum Gasteiger partial charge on any atom is 0.241 e. The van der Waals surface area contributed by atoms with Gasteiger partial charge in [-0.05, 0) is 49.5 Å². The van der Waals surface area contributed by atoms with Gasteiger partial charge in [-0.3, -0.25) is 9.88 Å². The molecule has 0 amide bonds. The zero-order chi connectivity index (χ0) is 17.8. The molecule has 0 saturated carbocycles. The van der Waals surface area contributed by atoms with Crippen molar-refractivity contribution < 1.29 is 9.63 Å².